The summed E-state index contributed by atoms with van der Waals surface area (Å²) in [6, 6.07) is 8.36. The van der Waals surface area contributed by atoms with Gasteiger partial charge in [0.25, 0.3) is 0 Å². The molecule has 21 heavy (non-hydrogen) atoms. The van der Waals surface area contributed by atoms with Gasteiger partial charge in [-0.3, -0.25) is 4.79 Å². The van der Waals surface area contributed by atoms with Crippen LogP contribution in [0.4, 0.5) is 0 Å². The molecule has 3 N–H and O–H groups in total. The molecule has 0 saturated heterocycles. The van der Waals surface area contributed by atoms with Gasteiger partial charge in [0.2, 0.25) is 5.91 Å². The molecule has 1 saturated carbocycles. The molecule has 1 fully saturated rings. The smallest absolute Gasteiger partial charge is 0.221 e. The average molecular weight is 288 g/mol. The third-order valence-corrected chi connectivity index (χ3v) is 4.80. The standard InChI is InChI=1S/C18H28N2O/c1-14-7-6-8-16(11-14)15(2)20-17(21)12-18(13-19)9-4-3-5-10-18/h6-8,11,15H,3-5,9-10,12-13,19H2,1-2H3,(H,20,21)/t15-/m0/s1. The molecule has 0 unspecified atom stereocenters. The van der Waals surface area contributed by atoms with Crippen LogP contribution in [0.5, 0.6) is 0 Å². The van der Waals surface area contributed by atoms with E-state index in [0.717, 1.165) is 18.4 Å². The average Bonchev–Trinajstić information content (AvgIpc) is 2.48. The van der Waals surface area contributed by atoms with Crippen LogP contribution < -0.4 is 11.1 Å². The predicted octanol–water partition coefficient (Wildman–Crippen LogP) is 3.47. The van der Waals surface area contributed by atoms with Crippen LogP contribution in [0.2, 0.25) is 0 Å². The summed E-state index contributed by atoms with van der Waals surface area (Å²) in [6.07, 6.45) is 6.45. The molecule has 0 spiro atoms. The first kappa shape index (κ1) is 16.0. The maximum atomic E-state index is 12.4. The van der Waals surface area contributed by atoms with Crippen molar-refractivity contribution in [1.82, 2.24) is 5.32 Å². The number of benzene rings is 1. The number of carbonyl (C=O) groups is 1. The summed E-state index contributed by atoms with van der Waals surface area (Å²) in [7, 11) is 0. The Hall–Kier alpha value is -1.35. The van der Waals surface area contributed by atoms with Crippen LogP contribution in [0.3, 0.4) is 0 Å². The predicted molar refractivity (Wildman–Crippen MR) is 86.9 cm³/mol. The summed E-state index contributed by atoms with van der Waals surface area (Å²) >= 11 is 0. The van der Waals surface area contributed by atoms with Gasteiger partial charge in [0, 0.05) is 6.42 Å². The molecule has 0 aliphatic heterocycles. The number of amides is 1. The van der Waals surface area contributed by atoms with Crippen molar-refractivity contribution in [2.45, 2.75) is 58.4 Å². The van der Waals surface area contributed by atoms with Crippen LogP contribution in [0.25, 0.3) is 0 Å². The highest BCUT2D eigenvalue weighted by atomic mass is 16.1. The minimum Gasteiger partial charge on any atom is -0.350 e. The molecule has 1 aliphatic rings. The van der Waals surface area contributed by atoms with E-state index in [4.69, 9.17) is 5.73 Å². The fourth-order valence-corrected chi connectivity index (χ4v) is 3.41. The molecule has 0 radical (unpaired) electrons. The van der Waals surface area contributed by atoms with Gasteiger partial charge in [-0.25, -0.2) is 0 Å². The quantitative estimate of drug-likeness (QED) is 0.871. The summed E-state index contributed by atoms with van der Waals surface area (Å²) in [5, 5.41) is 3.14. The van der Waals surface area contributed by atoms with Crippen molar-refractivity contribution < 1.29 is 4.79 Å². The van der Waals surface area contributed by atoms with Crippen LogP contribution in [0.1, 0.15) is 62.6 Å². The molecule has 3 nitrogen and oxygen atoms in total. The van der Waals surface area contributed by atoms with Crippen LogP contribution in [-0.2, 0) is 4.79 Å². The van der Waals surface area contributed by atoms with E-state index in [0.29, 0.717) is 13.0 Å². The minimum atomic E-state index is 0.0364. The highest BCUT2D eigenvalue weighted by Crippen LogP contribution is 2.38. The number of nitrogens with one attached hydrogen (secondary N) is 1. The zero-order valence-corrected chi connectivity index (χ0v) is 13.3. The number of rotatable bonds is 5. The lowest BCUT2D eigenvalue weighted by atomic mass is 9.71. The van der Waals surface area contributed by atoms with Crippen LogP contribution in [0, 0.1) is 12.3 Å². The maximum Gasteiger partial charge on any atom is 0.221 e. The number of nitrogens with two attached hydrogens (primary N) is 1. The molecule has 0 heterocycles. The molecule has 0 bridgehead atoms. The molecule has 3 heteroatoms. The van der Waals surface area contributed by atoms with Gasteiger partial charge >= 0.3 is 0 Å². The highest BCUT2D eigenvalue weighted by molar-refractivity contribution is 5.77. The molecule has 1 aromatic rings. The van der Waals surface area contributed by atoms with Crippen molar-refractivity contribution in [3.05, 3.63) is 35.4 Å². The fourth-order valence-electron chi connectivity index (χ4n) is 3.41. The van der Waals surface area contributed by atoms with E-state index in [1.807, 2.05) is 13.0 Å². The molecule has 0 aromatic heterocycles. The van der Waals surface area contributed by atoms with Gasteiger partial charge in [-0.15, -0.1) is 0 Å². The van der Waals surface area contributed by atoms with Crippen molar-refractivity contribution in [3.63, 3.8) is 0 Å². The van der Waals surface area contributed by atoms with Crippen molar-refractivity contribution in [2.24, 2.45) is 11.1 Å². The van der Waals surface area contributed by atoms with E-state index in [2.05, 4.69) is 30.4 Å². The van der Waals surface area contributed by atoms with Gasteiger partial charge in [0.15, 0.2) is 0 Å². The lowest BCUT2D eigenvalue weighted by molar-refractivity contribution is -0.124. The lowest BCUT2D eigenvalue weighted by Gasteiger charge is -2.36. The largest absolute Gasteiger partial charge is 0.350 e. The minimum absolute atomic E-state index is 0.0364. The number of hydrogen-bond acceptors (Lipinski definition) is 2. The fraction of sp³-hybridized carbons (Fsp3) is 0.611. The van der Waals surface area contributed by atoms with Gasteiger partial charge in [-0.2, -0.15) is 0 Å². The maximum absolute atomic E-state index is 12.4. The third kappa shape index (κ3) is 4.31. The molecule has 1 aromatic carbocycles. The zero-order chi connectivity index (χ0) is 15.3. The van der Waals surface area contributed by atoms with Gasteiger partial charge in [-0.05, 0) is 44.2 Å². The second kappa shape index (κ2) is 7.08. The van der Waals surface area contributed by atoms with E-state index >= 15 is 0 Å². The van der Waals surface area contributed by atoms with E-state index < -0.39 is 0 Å². The van der Waals surface area contributed by atoms with E-state index in [9.17, 15) is 4.79 Å². The molecular formula is C18H28N2O. The monoisotopic (exact) mass is 288 g/mol. The van der Waals surface area contributed by atoms with Crippen molar-refractivity contribution in [1.29, 1.82) is 0 Å². The molecule has 1 amide bonds. The molecule has 1 aliphatic carbocycles. The number of hydrogen-bond donors (Lipinski definition) is 2. The topological polar surface area (TPSA) is 55.1 Å². The van der Waals surface area contributed by atoms with E-state index in [-0.39, 0.29) is 17.4 Å². The Morgan fingerprint density at radius 1 is 1.33 bits per heavy atom. The first-order valence-electron chi connectivity index (χ1n) is 8.11. The van der Waals surface area contributed by atoms with Crippen molar-refractivity contribution in [3.8, 4) is 0 Å². The van der Waals surface area contributed by atoms with Crippen molar-refractivity contribution in [2.75, 3.05) is 6.54 Å². The summed E-state index contributed by atoms with van der Waals surface area (Å²) in [6.45, 7) is 4.74. The lowest BCUT2D eigenvalue weighted by Crippen LogP contribution is -2.39. The Kier molecular flexibility index (Phi) is 5.40. The molecule has 116 valence electrons. The molecule has 1 atom stereocenters. The molecule has 2 rings (SSSR count). The summed E-state index contributed by atoms with van der Waals surface area (Å²) in [4.78, 5) is 12.4. The SMILES string of the molecule is Cc1cccc([C@H](C)NC(=O)CC2(CN)CCCCC2)c1. The van der Waals surface area contributed by atoms with Crippen molar-refractivity contribution >= 4 is 5.91 Å². The zero-order valence-electron chi connectivity index (χ0n) is 13.3. The Bertz CT molecular complexity index is 478. The van der Waals surface area contributed by atoms with Gasteiger partial charge < -0.3 is 11.1 Å². The number of carbonyl (C=O) groups excluding carboxylic acids is 1. The first-order chi connectivity index (χ1) is 10.0. The summed E-state index contributed by atoms with van der Waals surface area (Å²) < 4.78 is 0. The number of aryl methyl sites for hydroxylation is 1. The van der Waals surface area contributed by atoms with Crippen LogP contribution in [0.15, 0.2) is 24.3 Å². The highest BCUT2D eigenvalue weighted by Gasteiger charge is 2.33. The third-order valence-electron chi connectivity index (χ3n) is 4.80. The Morgan fingerprint density at radius 3 is 2.67 bits per heavy atom. The Morgan fingerprint density at radius 2 is 2.05 bits per heavy atom. The van der Waals surface area contributed by atoms with Gasteiger partial charge in [-0.1, -0.05) is 49.1 Å². The van der Waals surface area contributed by atoms with Crippen LogP contribution in [-0.4, -0.2) is 12.5 Å². The Balaban J connectivity index is 1.94. The normalized spacial score (nSPS) is 19.0. The van der Waals surface area contributed by atoms with E-state index in [1.165, 1.54) is 24.8 Å². The van der Waals surface area contributed by atoms with Crippen LogP contribution >= 0.6 is 0 Å². The second-order valence-electron chi connectivity index (χ2n) is 6.64. The summed E-state index contributed by atoms with van der Waals surface area (Å²) in [5.41, 5.74) is 8.39. The Labute approximate surface area is 128 Å². The second-order valence-corrected chi connectivity index (χ2v) is 6.64. The molecular weight excluding hydrogens is 260 g/mol. The van der Waals surface area contributed by atoms with Gasteiger partial charge in [0.1, 0.15) is 0 Å². The van der Waals surface area contributed by atoms with E-state index in [1.54, 1.807) is 0 Å². The summed E-state index contributed by atoms with van der Waals surface area (Å²) in [5.74, 6) is 0.136. The first-order valence-corrected chi connectivity index (χ1v) is 8.11. The van der Waals surface area contributed by atoms with Gasteiger partial charge in [0.05, 0.1) is 6.04 Å².